The zero-order valence-electron chi connectivity index (χ0n) is 12.5. The molecule has 4 rings (SSSR count). The minimum Gasteiger partial charge on any atom is -0.290 e. The first-order chi connectivity index (χ1) is 11.2. The molecule has 1 aliphatic rings. The lowest BCUT2D eigenvalue weighted by Gasteiger charge is -2.23. The Morgan fingerprint density at radius 1 is 1.35 bits per heavy atom. The Morgan fingerprint density at radius 3 is 3.09 bits per heavy atom. The number of pyridine rings is 1. The molecule has 0 unspecified atom stereocenters. The summed E-state index contributed by atoms with van der Waals surface area (Å²) in [7, 11) is 0. The van der Waals surface area contributed by atoms with Gasteiger partial charge in [-0.05, 0) is 43.0 Å². The van der Waals surface area contributed by atoms with Crippen LogP contribution in [0.1, 0.15) is 29.5 Å². The largest absolute Gasteiger partial charge is 0.290 e. The molecule has 0 aromatic carbocycles. The van der Waals surface area contributed by atoms with Gasteiger partial charge in [0.05, 0.1) is 10.7 Å². The molecule has 0 spiro atoms. The second-order valence-electron chi connectivity index (χ2n) is 5.81. The van der Waals surface area contributed by atoms with Crippen LogP contribution in [0.5, 0.6) is 0 Å². The van der Waals surface area contributed by atoms with Crippen LogP contribution in [0.25, 0.3) is 5.65 Å². The van der Waals surface area contributed by atoms with E-state index in [0.29, 0.717) is 23.3 Å². The molecule has 0 amide bonds. The average Bonchev–Trinajstić information content (AvgIpc) is 3.19. The summed E-state index contributed by atoms with van der Waals surface area (Å²) < 4.78 is 1.49. The van der Waals surface area contributed by atoms with Gasteiger partial charge in [0.15, 0.2) is 0 Å². The molecule has 6 heteroatoms. The monoisotopic (exact) mass is 345 g/mol. The first kappa shape index (κ1) is 14.9. The Kier molecular flexibility index (Phi) is 3.93. The van der Waals surface area contributed by atoms with Gasteiger partial charge in [-0.3, -0.25) is 14.1 Å². The van der Waals surface area contributed by atoms with E-state index in [2.05, 4.69) is 27.4 Å². The molecule has 1 aliphatic heterocycles. The molecule has 1 atom stereocenters. The fraction of sp³-hybridized carbons (Fsp3) is 0.294. The molecule has 1 saturated heterocycles. The lowest BCUT2D eigenvalue weighted by atomic mass is 10.2. The van der Waals surface area contributed by atoms with E-state index in [-0.39, 0.29) is 5.56 Å². The summed E-state index contributed by atoms with van der Waals surface area (Å²) in [4.78, 5) is 20.7. The summed E-state index contributed by atoms with van der Waals surface area (Å²) in [6.45, 7) is 1.75. The number of likely N-dealkylation sites (tertiary alicyclic amines) is 1. The molecule has 0 saturated carbocycles. The standard InChI is InChI=1S/C17H16ClN3OS/c18-12-5-6-16-19-13(9-17(22)21(16)10-12)11-20-7-1-3-14(20)15-4-2-8-23-15/h2,4-6,8-10,14H,1,3,7,11H2/t14-/m0/s1. The van der Waals surface area contributed by atoms with E-state index in [1.165, 1.54) is 22.1 Å². The van der Waals surface area contributed by atoms with Crippen molar-refractivity contribution in [2.75, 3.05) is 6.54 Å². The predicted molar refractivity (Wildman–Crippen MR) is 93.2 cm³/mol. The van der Waals surface area contributed by atoms with Gasteiger partial charge in [-0.1, -0.05) is 17.7 Å². The summed E-state index contributed by atoms with van der Waals surface area (Å²) in [5.41, 5.74) is 1.38. The third-order valence-corrected chi connectivity index (χ3v) is 5.47. The lowest BCUT2D eigenvalue weighted by Crippen LogP contribution is -2.25. The molecule has 0 bridgehead atoms. The van der Waals surface area contributed by atoms with Gasteiger partial charge >= 0.3 is 0 Å². The van der Waals surface area contributed by atoms with E-state index in [1.807, 2.05) is 0 Å². The molecule has 3 aromatic rings. The van der Waals surface area contributed by atoms with E-state index in [0.717, 1.165) is 12.2 Å². The number of hydrogen-bond acceptors (Lipinski definition) is 4. The van der Waals surface area contributed by atoms with Crippen molar-refractivity contribution in [3.63, 3.8) is 0 Å². The van der Waals surface area contributed by atoms with Gasteiger partial charge in [-0.15, -0.1) is 11.3 Å². The lowest BCUT2D eigenvalue weighted by molar-refractivity contribution is 0.248. The minimum absolute atomic E-state index is 0.0839. The highest BCUT2D eigenvalue weighted by molar-refractivity contribution is 7.10. The number of thiophene rings is 1. The van der Waals surface area contributed by atoms with E-state index < -0.39 is 0 Å². The van der Waals surface area contributed by atoms with Crippen molar-refractivity contribution in [1.29, 1.82) is 0 Å². The number of aromatic nitrogens is 2. The first-order valence-electron chi connectivity index (χ1n) is 7.66. The highest BCUT2D eigenvalue weighted by Crippen LogP contribution is 2.35. The van der Waals surface area contributed by atoms with E-state index in [9.17, 15) is 4.79 Å². The predicted octanol–water partition coefficient (Wildman–Crippen LogP) is 3.75. The minimum atomic E-state index is -0.0839. The molecule has 23 heavy (non-hydrogen) atoms. The number of halogens is 1. The van der Waals surface area contributed by atoms with Crippen LogP contribution in [-0.2, 0) is 6.54 Å². The van der Waals surface area contributed by atoms with E-state index in [1.54, 1.807) is 35.7 Å². The Balaban J connectivity index is 1.65. The van der Waals surface area contributed by atoms with Crippen LogP contribution >= 0.6 is 22.9 Å². The molecule has 3 aromatic heterocycles. The van der Waals surface area contributed by atoms with E-state index >= 15 is 0 Å². The van der Waals surface area contributed by atoms with Gasteiger partial charge in [0.1, 0.15) is 5.65 Å². The first-order valence-corrected chi connectivity index (χ1v) is 8.92. The summed E-state index contributed by atoms with van der Waals surface area (Å²) in [5.74, 6) is 0. The van der Waals surface area contributed by atoms with Gasteiger partial charge in [0.25, 0.3) is 5.56 Å². The van der Waals surface area contributed by atoms with Gasteiger partial charge in [0.2, 0.25) is 0 Å². The van der Waals surface area contributed by atoms with Gasteiger partial charge in [0, 0.05) is 29.7 Å². The highest BCUT2D eigenvalue weighted by Gasteiger charge is 2.27. The maximum atomic E-state index is 12.3. The normalized spacial score (nSPS) is 18.7. The Morgan fingerprint density at radius 2 is 2.26 bits per heavy atom. The van der Waals surface area contributed by atoms with Crippen LogP contribution in [0.2, 0.25) is 5.02 Å². The second kappa shape index (κ2) is 6.07. The Hall–Kier alpha value is -1.69. The molecule has 0 radical (unpaired) electrons. The number of hydrogen-bond donors (Lipinski definition) is 0. The summed E-state index contributed by atoms with van der Waals surface area (Å²) in [5, 5.41) is 2.66. The Bertz CT molecular complexity index is 890. The SMILES string of the molecule is O=c1cc(CN2CCC[C@H]2c2cccs2)nc2ccc(Cl)cn12. The third kappa shape index (κ3) is 2.92. The molecule has 4 heterocycles. The van der Waals surface area contributed by atoms with Gasteiger partial charge < -0.3 is 0 Å². The molecule has 4 nitrogen and oxygen atoms in total. The van der Waals surface area contributed by atoms with Gasteiger partial charge in [-0.2, -0.15) is 0 Å². The average molecular weight is 346 g/mol. The van der Waals surface area contributed by atoms with Crippen molar-refractivity contribution in [2.45, 2.75) is 25.4 Å². The highest BCUT2D eigenvalue weighted by atomic mass is 35.5. The van der Waals surface area contributed by atoms with Crippen molar-refractivity contribution in [1.82, 2.24) is 14.3 Å². The Labute approximate surface area is 143 Å². The third-order valence-electron chi connectivity index (χ3n) is 4.28. The summed E-state index contributed by atoms with van der Waals surface area (Å²) in [6, 6.07) is 9.90. The molecule has 1 fully saturated rings. The zero-order chi connectivity index (χ0) is 15.8. The van der Waals surface area contributed by atoms with Crippen LogP contribution in [0.3, 0.4) is 0 Å². The maximum absolute atomic E-state index is 12.3. The molecular formula is C17H16ClN3OS. The van der Waals surface area contributed by atoms with Crippen molar-refractivity contribution < 1.29 is 0 Å². The molecular weight excluding hydrogens is 330 g/mol. The van der Waals surface area contributed by atoms with Crippen molar-refractivity contribution in [2.24, 2.45) is 0 Å². The van der Waals surface area contributed by atoms with Crippen molar-refractivity contribution >= 4 is 28.6 Å². The number of nitrogens with zero attached hydrogens (tertiary/aromatic N) is 3. The fourth-order valence-corrected chi connectivity index (χ4v) is 4.29. The van der Waals surface area contributed by atoms with Crippen LogP contribution in [0, 0.1) is 0 Å². The fourth-order valence-electron chi connectivity index (χ4n) is 3.23. The van der Waals surface area contributed by atoms with E-state index in [4.69, 9.17) is 11.6 Å². The van der Waals surface area contributed by atoms with Crippen molar-refractivity contribution in [3.05, 3.63) is 67.9 Å². The zero-order valence-corrected chi connectivity index (χ0v) is 14.1. The topological polar surface area (TPSA) is 37.6 Å². The number of rotatable bonds is 3. The second-order valence-corrected chi connectivity index (χ2v) is 7.22. The molecule has 0 aliphatic carbocycles. The molecule has 118 valence electrons. The maximum Gasteiger partial charge on any atom is 0.258 e. The summed E-state index contributed by atoms with van der Waals surface area (Å²) in [6.07, 6.45) is 3.97. The summed E-state index contributed by atoms with van der Waals surface area (Å²) >= 11 is 7.75. The van der Waals surface area contributed by atoms with Gasteiger partial charge in [-0.25, -0.2) is 4.98 Å². The number of fused-ring (bicyclic) bond motifs is 1. The molecule has 0 N–H and O–H groups in total. The van der Waals surface area contributed by atoms with Crippen LogP contribution in [0.15, 0.2) is 46.7 Å². The quantitative estimate of drug-likeness (QED) is 0.725. The smallest absolute Gasteiger partial charge is 0.258 e. The van der Waals surface area contributed by atoms with Crippen LogP contribution in [0.4, 0.5) is 0 Å². The van der Waals surface area contributed by atoms with Crippen LogP contribution < -0.4 is 5.56 Å². The van der Waals surface area contributed by atoms with Crippen molar-refractivity contribution in [3.8, 4) is 0 Å². The van der Waals surface area contributed by atoms with Crippen LogP contribution in [-0.4, -0.2) is 20.8 Å².